The third-order valence-electron chi connectivity index (χ3n) is 2.45. The maximum Gasteiger partial charge on any atom is 0.237 e. The van der Waals surface area contributed by atoms with E-state index in [-0.39, 0.29) is 17.6 Å². The minimum atomic E-state index is 0.172. The second kappa shape index (κ2) is 5.95. The fraction of sp³-hybridized carbons (Fsp3) is 0.636. The van der Waals surface area contributed by atoms with Crippen LogP contribution in [0.1, 0.15) is 26.2 Å². The molecule has 0 bridgehead atoms. The molecule has 1 aliphatic heterocycles. The van der Waals surface area contributed by atoms with E-state index in [0.29, 0.717) is 6.42 Å². The summed E-state index contributed by atoms with van der Waals surface area (Å²) >= 11 is 1.49. The van der Waals surface area contributed by atoms with Gasteiger partial charge in [-0.15, -0.1) is 0 Å². The average Bonchev–Trinajstić information content (AvgIpc) is 2.20. The standard InChI is InChI=1S/C11H17NO2S/c1-9(13)6-4-3-5-7-10-8-12(15-2)11(10)14/h3,5,10H,4,6-8H2,1-2H3/b5-3-/t10-/m1/s1. The zero-order valence-electron chi connectivity index (χ0n) is 9.23. The number of rotatable bonds is 6. The normalized spacial score (nSPS) is 20.8. The third-order valence-corrected chi connectivity index (χ3v) is 3.22. The van der Waals surface area contributed by atoms with Gasteiger partial charge in [-0.25, -0.2) is 0 Å². The van der Waals surface area contributed by atoms with E-state index in [9.17, 15) is 9.59 Å². The lowest BCUT2D eigenvalue weighted by Crippen LogP contribution is -2.47. The minimum Gasteiger partial charge on any atom is -0.300 e. The summed E-state index contributed by atoms with van der Waals surface area (Å²) < 4.78 is 1.77. The van der Waals surface area contributed by atoms with Crippen LogP contribution >= 0.6 is 11.9 Å². The van der Waals surface area contributed by atoms with Gasteiger partial charge >= 0.3 is 0 Å². The topological polar surface area (TPSA) is 37.4 Å². The lowest BCUT2D eigenvalue weighted by atomic mass is 9.97. The molecule has 1 aliphatic rings. The number of Topliss-reactive ketones (excluding diaryl/α,β-unsaturated/α-hetero) is 1. The largest absolute Gasteiger partial charge is 0.300 e. The number of hydrogen-bond acceptors (Lipinski definition) is 3. The van der Waals surface area contributed by atoms with Crippen molar-refractivity contribution in [2.75, 3.05) is 12.8 Å². The van der Waals surface area contributed by atoms with Crippen molar-refractivity contribution in [3.63, 3.8) is 0 Å². The number of allylic oxidation sites excluding steroid dienone is 2. The number of β-lactam (4-membered cyclic amide) rings is 1. The smallest absolute Gasteiger partial charge is 0.237 e. The lowest BCUT2D eigenvalue weighted by Gasteiger charge is -2.35. The predicted molar refractivity (Wildman–Crippen MR) is 62.4 cm³/mol. The van der Waals surface area contributed by atoms with E-state index in [1.807, 2.05) is 18.4 Å². The molecule has 0 aromatic rings. The molecule has 1 rings (SSSR count). The summed E-state index contributed by atoms with van der Waals surface area (Å²) in [5.41, 5.74) is 0. The van der Waals surface area contributed by atoms with Crippen LogP contribution in [0.25, 0.3) is 0 Å². The summed E-state index contributed by atoms with van der Waals surface area (Å²) in [4.78, 5) is 22.0. The highest BCUT2D eigenvalue weighted by atomic mass is 32.2. The van der Waals surface area contributed by atoms with E-state index >= 15 is 0 Å². The van der Waals surface area contributed by atoms with Gasteiger partial charge in [-0.1, -0.05) is 24.1 Å². The Morgan fingerprint density at radius 1 is 1.60 bits per heavy atom. The van der Waals surface area contributed by atoms with E-state index in [0.717, 1.165) is 19.4 Å². The molecule has 4 heteroatoms. The second-order valence-electron chi connectivity index (χ2n) is 3.73. The Balaban J connectivity index is 2.11. The molecule has 0 saturated carbocycles. The Bertz CT molecular complexity index is 276. The van der Waals surface area contributed by atoms with Crippen LogP contribution in [0.15, 0.2) is 12.2 Å². The molecule has 15 heavy (non-hydrogen) atoms. The van der Waals surface area contributed by atoms with Crippen LogP contribution in [-0.2, 0) is 9.59 Å². The highest BCUT2D eigenvalue weighted by Crippen LogP contribution is 2.26. The SMILES string of the molecule is CSN1C[C@@H](C/C=C\CCC(C)=O)C1=O. The molecule has 3 nitrogen and oxygen atoms in total. The van der Waals surface area contributed by atoms with Gasteiger partial charge in [0, 0.05) is 19.2 Å². The van der Waals surface area contributed by atoms with Gasteiger partial charge in [0.1, 0.15) is 5.78 Å². The third kappa shape index (κ3) is 3.70. The summed E-state index contributed by atoms with van der Waals surface area (Å²) in [6.07, 6.45) is 8.14. The first-order valence-electron chi connectivity index (χ1n) is 5.15. The van der Waals surface area contributed by atoms with Crippen LogP contribution in [0.2, 0.25) is 0 Å². The quantitative estimate of drug-likeness (QED) is 0.396. The first-order chi connectivity index (χ1) is 7.15. The molecule has 0 unspecified atom stereocenters. The van der Waals surface area contributed by atoms with E-state index in [2.05, 4.69) is 0 Å². The van der Waals surface area contributed by atoms with Crippen molar-refractivity contribution in [2.45, 2.75) is 26.2 Å². The number of carbonyl (C=O) groups is 2. The van der Waals surface area contributed by atoms with E-state index < -0.39 is 0 Å². The van der Waals surface area contributed by atoms with Gasteiger partial charge in [0.2, 0.25) is 5.91 Å². The Morgan fingerprint density at radius 3 is 2.87 bits per heavy atom. The molecule has 0 aromatic heterocycles. The Morgan fingerprint density at radius 2 is 2.33 bits per heavy atom. The van der Waals surface area contributed by atoms with Crippen LogP contribution in [0.3, 0.4) is 0 Å². The van der Waals surface area contributed by atoms with E-state index in [4.69, 9.17) is 0 Å². The maximum absolute atomic E-state index is 11.4. The van der Waals surface area contributed by atoms with Crippen LogP contribution in [-0.4, -0.2) is 28.8 Å². The van der Waals surface area contributed by atoms with Crippen molar-refractivity contribution in [1.29, 1.82) is 0 Å². The van der Waals surface area contributed by atoms with Crippen molar-refractivity contribution >= 4 is 23.6 Å². The molecular formula is C11H17NO2S. The number of hydrogen-bond donors (Lipinski definition) is 0. The first-order valence-corrected chi connectivity index (χ1v) is 6.33. The zero-order valence-corrected chi connectivity index (χ0v) is 10.0. The lowest BCUT2D eigenvalue weighted by molar-refractivity contribution is -0.139. The summed E-state index contributed by atoms with van der Waals surface area (Å²) in [5, 5.41) is 0. The van der Waals surface area contributed by atoms with Crippen LogP contribution in [0, 0.1) is 5.92 Å². The molecule has 1 fully saturated rings. The molecule has 0 aliphatic carbocycles. The summed E-state index contributed by atoms with van der Waals surface area (Å²) in [6.45, 7) is 2.46. The predicted octanol–water partition coefficient (Wildman–Crippen LogP) is 2.04. The molecule has 84 valence electrons. The van der Waals surface area contributed by atoms with Gasteiger partial charge < -0.3 is 4.79 Å². The number of ketones is 1. The van der Waals surface area contributed by atoms with Crippen molar-refractivity contribution in [2.24, 2.45) is 5.92 Å². The van der Waals surface area contributed by atoms with E-state index in [1.165, 1.54) is 11.9 Å². The summed E-state index contributed by atoms with van der Waals surface area (Å²) in [6, 6.07) is 0. The fourth-order valence-corrected chi connectivity index (χ4v) is 2.12. The molecule has 0 aromatic carbocycles. The van der Waals surface area contributed by atoms with Crippen molar-refractivity contribution in [3.05, 3.63) is 12.2 Å². The molecule has 0 spiro atoms. The molecule has 1 saturated heterocycles. The minimum absolute atomic E-state index is 0.172. The van der Waals surface area contributed by atoms with Gasteiger partial charge in [-0.3, -0.25) is 9.10 Å². The van der Waals surface area contributed by atoms with Gasteiger partial charge in [0.15, 0.2) is 0 Å². The van der Waals surface area contributed by atoms with Crippen molar-refractivity contribution in [3.8, 4) is 0 Å². The van der Waals surface area contributed by atoms with Crippen molar-refractivity contribution in [1.82, 2.24) is 4.31 Å². The second-order valence-corrected chi connectivity index (χ2v) is 4.53. The van der Waals surface area contributed by atoms with Gasteiger partial charge in [-0.2, -0.15) is 0 Å². The molecule has 0 radical (unpaired) electrons. The monoisotopic (exact) mass is 227 g/mol. The highest BCUT2D eigenvalue weighted by molar-refractivity contribution is 7.96. The van der Waals surface area contributed by atoms with Gasteiger partial charge in [0.25, 0.3) is 0 Å². The molecular weight excluding hydrogens is 210 g/mol. The summed E-state index contributed by atoms with van der Waals surface area (Å²) in [7, 11) is 0. The van der Waals surface area contributed by atoms with Gasteiger partial charge in [-0.05, 0) is 19.8 Å². The van der Waals surface area contributed by atoms with Gasteiger partial charge in [0.05, 0.1) is 5.92 Å². The van der Waals surface area contributed by atoms with E-state index in [1.54, 1.807) is 11.2 Å². The number of amides is 1. The van der Waals surface area contributed by atoms with Crippen LogP contribution < -0.4 is 0 Å². The Labute approximate surface area is 95.0 Å². The fourth-order valence-electron chi connectivity index (χ4n) is 1.46. The number of carbonyl (C=O) groups excluding carboxylic acids is 2. The molecule has 1 amide bonds. The molecule has 0 N–H and O–H groups in total. The van der Waals surface area contributed by atoms with Crippen LogP contribution in [0.4, 0.5) is 0 Å². The Kier molecular flexibility index (Phi) is 4.88. The average molecular weight is 227 g/mol. The van der Waals surface area contributed by atoms with Crippen molar-refractivity contribution < 1.29 is 9.59 Å². The molecule has 1 atom stereocenters. The van der Waals surface area contributed by atoms with Crippen LogP contribution in [0.5, 0.6) is 0 Å². The summed E-state index contributed by atoms with van der Waals surface area (Å²) in [5.74, 6) is 0.623. The Hall–Kier alpha value is -0.770. The zero-order chi connectivity index (χ0) is 11.3. The maximum atomic E-state index is 11.4. The first kappa shape index (κ1) is 12.3. The molecule has 1 heterocycles. The number of nitrogens with zero attached hydrogens (tertiary/aromatic N) is 1. The highest BCUT2D eigenvalue weighted by Gasteiger charge is 2.34.